The number of carbonyl (C=O) groups excluding carboxylic acids is 1. The molecule has 12 heavy (non-hydrogen) atoms. The maximum atomic E-state index is 11.0. The lowest BCUT2D eigenvalue weighted by Gasteiger charge is -2.29. The Balaban J connectivity index is 0.00000121. The summed E-state index contributed by atoms with van der Waals surface area (Å²) in [5.41, 5.74) is 5.63. The summed E-state index contributed by atoms with van der Waals surface area (Å²) in [6.45, 7) is 2.23. The minimum Gasteiger partial charge on any atom is -0.465 e. The van der Waals surface area contributed by atoms with Crippen molar-refractivity contribution in [2.45, 2.75) is 32.2 Å². The van der Waals surface area contributed by atoms with Crippen molar-refractivity contribution >= 4 is 18.4 Å². The van der Waals surface area contributed by atoms with Gasteiger partial charge in [0.2, 0.25) is 0 Å². The normalized spacial score (nSPS) is 18.8. The van der Waals surface area contributed by atoms with Crippen LogP contribution in [0, 0.1) is 5.92 Å². The van der Waals surface area contributed by atoms with Gasteiger partial charge in [-0.25, -0.2) is 0 Å². The third kappa shape index (κ3) is 2.64. The first-order valence-electron chi connectivity index (χ1n) is 4.18. The van der Waals surface area contributed by atoms with Gasteiger partial charge in [0, 0.05) is 0 Å². The highest BCUT2D eigenvalue weighted by Crippen LogP contribution is 2.28. The lowest BCUT2D eigenvalue weighted by Crippen LogP contribution is -2.42. The standard InChI is InChI=1S/C8H15NO2.ClH/c1-2-11-8(10)7(9)6-4-3-5-6;/h6-7H,2-5,9H2,1H3;1H/t7-;/m0./s1. The highest BCUT2D eigenvalue weighted by molar-refractivity contribution is 5.85. The zero-order valence-corrected chi connectivity index (χ0v) is 8.10. The third-order valence-corrected chi connectivity index (χ3v) is 2.22. The number of carbonyl (C=O) groups is 1. The van der Waals surface area contributed by atoms with Gasteiger partial charge in [-0.1, -0.05) is 6.42 Å². The van der Waals surface area contributed by atoms with Crippen LogP contribution in [0.1, 0.15) is 26.2 Å². The van der Waals surface area contributed by atoms with Gasteiger partial charge in [0.1, 0.15) is 6.04 Å². The molecule has 0 unspecified atom stereocenters. The average Bonchev–Trinajstić information content (AvgIpc) is 1.84. The Kier molecular flexibility index (Phi) is 5.25. The molecule has 1 saturated carbocycles. The van der Waals surface area contributed by atoms with Gasteiger partial charge in [-0.2, -0.15) is 0 Å². The Labute approximate surface area is 79.1 Å². The molecule has 1 atom stereocenters. The summed E-state index contributed by atoms with van der Waals surface area (Å²) in [4.78, 5) is 11.0. The number of hydrogen-bond acceptors (Lipinski definition) is 3. The molecule has 3 nitrogen and oxygen atoms in total. The van der Waals surface area contributed by atoms with Crippen molar-refractivity contribution in [2.24, 2.45) is 11.7 Å². The van der Waals surface area contributed by atoms with Crippen LogP contribution in [0.15, 0.2) is 0 Å². The van der Waals surface area contributed by atoms with Crippen molar-refractivity contribution in [2.75, 3.05) is 6.61 Å². The van der Waals surface area contributed by atoms with E-state index in [1.165, 1.54) is 6.42 Å². The van der Waals surface area contributed by atoms with Gasteiger partial charge in [-0.05, 0) is 25.7 Å². The first-order chi connectivity index (χ1) is 5.25. The summed E-state index contributed by atoms with van der Waals surface area (Å²) in [6, 6.07) is -0.372. The number of esters is 1. The molecule has 1 aliphatic carbocycles. The van der Waals surface area contributed by atoms with Crippen LogP contribution < -0.4 is 5.73 Å². The minimum absolute atomic E-state index is 0. The summed E-state index contributed by atoms with van der Waals surface area (Å²) in [6.07, 6.45) is 3.37. The Morgan fingerprint density at radius 1 is 1.67 bits per heavy atom. The van der Waals surface area contributed by atoms with Gasteiger partial charge in [0.25, 0.3) is 0 Å². The number of hydrogen-bond donors (Lipinski definition) is 1. The Bertz CT molecular complexity index is 148. The highest BCUT2D eigenvalue weighted by Gasteiger charge is 2.30. The molecule has 0 aromatic rings. The van der Waals surface area contributed by atoms with E-state index in [0.29, 0.717) is 12.5 Å². The zero-order chi connectivity index (χ0) is 8.27. The average molecular weight is 194 g/mol. The third-order valence-electron chi connectivity index (χ3n) is 2.22. The highest BCUT2D eigenvalue weighted by atomic mass is 35.5. The van der Waals surface area contributed by atoms with Crippen LogP contribution in [-0.2, 0) is 9.53 Å². The molecule has 0 amide bonds. The predicted octanol–water partition coefficient (Wildman–Crippen LogP) is 1.10. The summed E-state index contributed by atoms with van der Waals surface area (Å²) in [5.74, 6) is 0.145. The summed E-state index contributed by atoms with van der Waals surface area (Å²) < 4.78 is 4.80. The van der Waals surface area contributed by atoms with Crippen molar-refractivity contribution in [3.05, 3.63) is 0 Å². The molecular formula is C8H16ClNO2. The van der Waals surface area contributed by atoms with E-state index in [1.54, 1.807) is 6.92 Å². The van der Waals surface area contributed by atoms with Gasteiger partial charge >= 0.3 is 5.97 Å². The molecule has 0 radical (unpaired) electrons. The molecule has 0 saturated heterocycles. The fourth-order valence-corrected chi connectivity index (χ4v) is 1.23. The first kappa shape index (κ1) is 11.7. The fourth-order valence-electron chi connectivity index (χ4n) is 1.23. The molecule has 4 heteroatoms. The molecule has 0 aromatic heterocycles. The van der Waals surface area contributed by atoms with Crippen LogP contribution in [0.25, 0.3) is 0 Å². The Morgan fingerprint density at radius 3 is 2.58 bits per heavy atom. The molecule has 1 fully saturated rings. The van der Waals surface area contributed by atoms with E-state index in [2.05, 4.69) is 0 Å². The van der Waals surface area contributed by atoms with Crippen LogP contribution in [-0.4, -0.2) is 18.6 Å². The van der Waals surface area contributed by atoms with Gasteiger partial charge in [-0.15, -0.1) is 12.4 Å². The predicted molar refractivity (Wildman–Crippen MR) is 49.2 cm³/mol. The summed E-state index contributed by atoms with van der Waals surface area (Å²) in [5, 5.41) is 0. The van der Waals surface area contributed by atoms with Crippen LogP contribution in [0.3, 0.4) is 0 Å². The van der Waals surface area contributed by atoms with Crippen molar-refractivity contribution in [3.63, 3.8) is 0 Å². The Hall–Kier alpha value is -0.280. The molecule has 2 N–H and O–H groups in total. The van der Waals surface area contributed by atoms with E-state index in [-0.39, 0.29) is 24.4 Å². The van der Waals surface area contributed by atoms with E-state index >= 15 is 0 Å². The smallest absolute Gasteiger partial charge is 0.323 e. The topological polar surface area (TPSA) is 52.3 Å². The lowest BCUT2D eigenvalue weighted by molar-refractivity contribution is -0.146. The van der Waals surface area contributed by atoms with E-state index in [0.717, 1.165) is 12.8 Å². The molecular weight excluding hydrogens is 178 g/mol. The largest absolute Gasteiger partial charge is 0.465 e. The summed E-state index contributed by atoms with van der Waals surface area (Å²) >= 11 is 0. The van der Waals surface area contributed by atoms with Crippen LogP contribution in [0.5, 0.6) is 0 Å². The SMILES string of the molecule is CCOC(=O)[C@@H](N)C1CCC1.Cl. The monoisotopic (exact) mass is 193 g/mol. The molecule has 72 valence electrons. The maximum Gasteiger partial charge on any atom is 0.323 e. The van der Waals surface area contributed by atoms with Crippen molar-refractivity contribution in [1.82, 2.24) is 0 Å². The molecule has 0 aliphatic heterocycles. The number of rotatable bonds is 3. The van der Waals surface area contributed by atoms with Crippen LogP contribution >= 0.6 is 12.4 Å². The first-order valence-corrected chi connectivity index (χ1v) is 4.18. The second kappa shape index (κ2) is 5.38. The fraction of sp³-hybridized carbons (Fsp3) is 0.875. The molecule has 0 aromatic carbocycles. The molecule has 0 heterocycles. The number of ether oxygens (including phenoxy) is 1. The van der Waals surface area contributed by atoms with Crippen molar-refractivity contribution in [1.29, 1.82) is 0 Å². The van der Waals surface area contributed by atoms with Gasteiger partial charge < -0.3 is 10.5 Å². The summed E-state index contributed by atoms with van der Waals surface area (Å²) in [7, 11) is 0. The second-order valence-corrected chi connectivity index (χ2v) is 2.97. The molecule has 0 bridgehead atoms. The quantitative estimate of drug-likeness (QED) is 0.683. The number of nitrogens with two attached hydrogens (primary N) is 1. The molecule has 0 spiro atoms. The van der Waals surface area contributed by atoms with E-state index in [4.69, 9.17) is 10.5 Å². The second-order valence-electron chi connectivity index (χ2n) is 2.97. The minimum atomic E-state index is -0.372. The van der Waals surface area contributed by atoms with Gasteiger partial charge in [-0.3, -0.25) is 4.79 Å². The van der Waals surface area contributed by atoms with Gasteiger partial charge in [0.15, 0.2) is 0 Å². The van der Waals surface area contributed by atoms with Crippen LogP contribution in [0.2, 0.25) is 0 Å². The zero-order valence-electron chi connectivity index (χ0n) is 7.29. The van der Waals surface area contributed by atoms with E-state index < -0.39 is 0 Å². The molecule has 1 aliphatic rings. The maximum absolute atomic E-state index is 11.0. The van der Waals surface area contributed by atoms with Crippen molar-refractivity contribution in [3.8, 4) is 0 Å². The molecule has 1 rings (SSSR count). The lowest BCUT2D eigenvalue weighted by atomic mass is 9.80. The van der Waals surface area contributed by atoms with E-state index in [1.807, 2.05) is 0 Å². The number of halogens is 1. The van der Waals surface area contributed by atoms with E-state index in [9.17, 15) is 4.79 Å². The van der Waals surface area contributed by atoms with Gasteiger partial charge in [0.05, 0.1) is 6.61 Å². The Morgan fingerprint density at radius 2 is 2.25 bits per heavy atom. The van der Waals surface area contributed by atoms with Crippen molar-refractivity contribution < 1.29 is 9.53 Å². The van der Waals surface area contributed by atoms with Crippen LogP contribution in [0.4, 0.5) is 0 Å².